The smallest absolute Gasteiger partial charge is 0.276 e. The first-order valence-electron chi connectivity index (χ1n) is 7.81. The second kappa shape index (κ2) is 7.67. The molecule has 0 saturated heterocycles. The molecule has 0 bridgehead atoms. The minimum Gasteiger partial charge on any atom is -0.490 e. The van der Waals surface area contributed by atoms with Gasteiger partial charge in [-0.3, -0.25) is 9.48 Å². The van der Waals surface area contributed by atoms with Gasteiger partial charge in [0, 0.05) is 24.0 Å². The topological polar surface area (TPSA) is 65.4 Å². The maximum Gasteiger partial charge on any atom is 0.276 e. The molecule has 0 unspecified atom stereocenters. The van der Waals surface area contributed by atoms with Gasteiger partial charge in [0.25, 0.3) is 5.91 Å². The van der Waals surface area contributed by atoms with Crippen LogP contribution in [0.5, 0.6) is 11.5 Å². The average molecular weight is 317 g/mol. The van der Waals surface area contributed by atoms with Crippen molar-refractivity contribution in [3.8, 4) is 11.5 Å². The molecule has 1 aromatic heterocycles. The Labute approximate surface area is 136 Å². The normalized spacial score (nSPS) is 10.7. The van der Waals surface area contributed by atoms with Gasteiger partial charge < -0.3 is 14.8 Å². The van der Waals surface area contributed by atoms with E-state index in [-0.39, 0.29) is 11.9 Å². The highest BCUT2D eigenvalue weighted by Crippen LogP contribution is 2.30. The monoisotopic (exact) mass is 317 g/mol. The van der Waals surface area contributed by atoms with Crippen molar-refractivity contribution in [2.75, 3.05) is 18.5 Å². The number of nitrogens with one attached hydrogen (secondary N) is 1. The van der Waals surface area contributed by atoms with Crippen molar-refractivity contribution in [2.24, 2.45) is 0 Å². The van der Waals surface area contributed by atoms with Gasteiger partial charge in [-0.05, 0) is 45.9 Å². The molecule has 6 heteroatoms. The predicted octanol–water partition coefficient (Wildman–Crippen LogP) is 3.51. The van der Waals surface area contributed by atoms with E-state index in [2.05, 4.69) is 10.4 Å². The van der Waals surface area contributed by atoms with Gasteiger partial charge >= 0.3 is 0 Å². The molecule has 0 fully saturated rings. The Morgan fingerprint density at radius 3 is 2.48 bits per heavy atom. The van der Waals surface area contributed by atoms with Crippen LogP contribution in [0.1, 0.15) is 44.2 Å². The average Bonchev–Trinajstić information content (AvgIpc) is 3.00. The van der Waals surface area contributed by atoms with Gasteiger partial charge in [-0.25, -0.2) is 0 Å². The fourth-order valence-corrected chi connectivity index (χ4v) is 2.07. The van der Waals surface area contributed by atoms with Crippen molar-refractivity contribution in [1.29, 1.82) is 0 Å². The number of aromatic nitrogens is 2. The Hall–Kier alpha value is -2.50. The zero-order chi connectivity index (χ0) is 16.8. The molecule has 0 aliphatic heterocycles. The third-order valence-electron chi connectivity index (χ3n) is 3.17. The highest BCUT2D eigenvalue weighted by Gasteiger charge is 2.13. The molecule has 0 radical (unpaired) electrons. The maximum absolute atomic E-state index is 12.3. The van der Waals surface area contributed by atoms with Crippen LogP contribution in [-0.2, 0) is 0 Å². The molecule has 0 spiro atoms. The first-order valence-corrected chi connectivity index (χ1v) is 7.81. The van der Waals surface area contributed by atoms with Crippen molar-refractivity contribution in [1.82, 2.24) is 9.78 Å². The number of anilines is 1. The van der Waals surface area contributed by atoms with Crippen molar-refractivity contribution in [3.05, 3.63) is 36.2 Å². The van der Waals surface area contributed by atoms with Crippen molar-refractivity contribution < 1.29 is 14.3 Å². The summed E-state index contributed by atoms with van der Waals surface area (Å²) < 4.78 is 12.8. The SMILES string of the molecule is CCOc1ccc(NC(=O)c2ccn(C(C)C)n2)cc1OCC. The number of carbonyl (C=O) groups is 1. The van der Waals surface area contributed by atoms with E-state index in [0.717, 1.165) is 0 Å². The third kappa shape index (κ3) is 4.25. The Bertz CT molecular complexity index is 665. The van der Waals surface area contributed by atoms with Gasteiger partial charge in [-0.1, -0.05) is 0 Å². The van der Waals surface area contributed by atoms with E-state index in [1.807, 2.05) is 27.7 Å². The Balaban J connectivity index is 2.14. The van der Waals surface area contributed by atoms with Gasteiger partial charge in [-0.2, -0.15) is 5.10 Å². The number of carbonyl (C=O) groups excluding carboxylic acids is 1. The van der Waals surface area contributed by atoms with Crippen LogP contribution in [0.3, 0.4) is 0 Å². The lowest BCUT2D eigenvalue weighted by atomic mass is 10.2. The standard InChI is InChI=1S/C17H23N3O3/c1-5-22-15-8-7-13(11-16(15)23-6-2)18-17(21)14-9-10-20(19-14)12(3)4/h7-12H,5-6H2,1-4H3,(H,18,21). The largest absolute Gasteiger partial charge is 0.490 e. The second-order valence-electron chi connectivity index (χ2n) is 5.26. The summed E-state index contributed by atoms with van der Waals surface area (Å²) >= 11 is 0. The molecule has 1 N–H and O–H groups in total. The Kier molecular flexibility index (Phi) is 5.62. The number of nitrogens with zero attached hydrogens (tertiary/aromatic N) is 2. The lowest BCUT2D eigenvalue weighted by molar-refractivity contribution is 0.102. The first-order chi connectivity index (χ1) is 11.0. The minimum atomic E-state index is -0.254. The van der Waals surface area contributed by atoms with Crippen LogP contribution in [0.15, 0.2) is 30.5 Å². The summed E-state index contributed by atoms with van der Waals surface area (Å²) in [6.45, 7) is 8.91. The van der Waals surface area contributed by atoms with Gasteiger partial charge in [0.2, 0.25) is 0 Å². The molecule has 0 atom stereocenters. The Morgan fingerprint density at radius 2 is 1.87 bits per heavy atom. The summed E-state index contributed by atoms with van der Waals surface area (Å²) in [6, 6.07) is 7.24. The summed E-state index contributed by atoms with van der Waals surface area (Å²) in [5.41, 5.74) is 1.02. The summed E-state index contributed by atoms with van der Waals surface area (Å²) in [4.78, 5) is 12.3. The Morgan fingerprint density at radius 1 is 1.17 bits per heavy atom. The fraction of sp³-hybridized carbons (Fsp3) is 0.412. The predicted molar refractivity (Wildman–Crippen MR) is 89.3 cm³/mol. The van der Waals surface area contributed by atoms with E-state index in [9.17, 15) is 4.79 Å². The number of rotatable bonds is 7. The van der Waals surface area contributed by atoms with Crippen LogP contribution in [0, 0.1) is 0 Å². The molecular weight excluding hydrogens is 294 g/mol. The number of amides is 1. The molecule has 124 valence electrons. The van der Waals surface area contributed by atoms with Crippen LogP contribution >= 0.6 is 0 Å². The molecule has 23 heavy (non-hydrogen) atoms. The van der Waals surface area contributed by atoms with Crippen LogP contribution in [0.4, 0.5) is 5.69 Å². The summed E-state index contributed by atoms with van der Waals surface area (Å²) in [6.07, 6.45) is 1.80. The number of benzene rings is 1. The van der Waals surface area contributed by atoms with Crippen LogP contribution in [0.2, 0.25) is 0 Å². The lowest BCUT2D eigenvalue weighted by Crippen LogP contribution is -2.14. The minimum absolute atomic E-state index is 0.214. The van der Waals surface area contributed by atoms with Gasteiger partial charge in [0.15, 0.2) is 17.2 Å². The van der Waals surface area contributed by atoms with Crippen LogP contribution in [0.25, 0.3) is 0 Å². The lowest BCUT2D eigenvalue weighted by Gasteiger charge is -2.12. The van der Waals surface area contributed by atoms with Crippen molar-refractivity contribution in [3.63, 3.8) is 0 Å². The van der Waals surface area contributed by atoms with Gasteiger partial charge in [0.05, 0.1) is 13.2 Å². The molecule has 1 aromatic carbocycles. The number of hydrogen-bond donors (Lipinski definition) is 1. The van der Waals surface area contributed by atoms with Crippen molar-refractivity contribution >= 4 is 11.6 Å². The second-order valence-corrected chi connectivity index (χ2v) is 5.26. The fourth-order valence-electron chi connectivity index (χ4n) is 2.07. The molecular formula is C17H23N3O3. The number of hydrogen-bond acceptors (Lipinski definition) is 4. The van der Waals surface area contributed by atoms with E-state index < -0.39 is 0 Å². The highest BCUT2D eigenvalue weighted by atomic mass is 16.5. The maximum atomic E-state index is 12.3. The van der Waals surface area contributed by atoms with E-state index in [1.54, 1.807) is 35.1 Å². The third-order valence-corrected chi connectivity index (χ3v) is 3.17. The summed E-state index contributed by atoms with van der Waals surface area (Å²) in [7, 11) is 0. The zero-order valence-corrected chi connectivity index (χ0v) is 14.0. The molecule has 1 amide bonds. The molecule has 6 nitrogen and oxygen atoms in total. The van der Waals surface area contributed by atoms with Crippen LogP contribution < -0.4 is 14.8 Å². The van der Waals surface area contributed by atoms with E-state index >= 15 is 0 Å². The molecule has 1 heterocycles. The van der Waals surface area contributed by atoms with Gasteiger partial charge in [0.1, 0.15) is 0 Å². The quantitative estimate of drug-likeness (QED) is 0.848. The molecule has 0 saturated carbocycles. The molecule has 2 rings (SSSR count). The first kappa shape index (κ1) is 16.9. The van der Waals surface area contributed by atoms with E-state index in [4.69, 9.17) is 9.47 Å². The van der Waals surface area contributed by atoms with Crippen LogP contribution in [-0.4, -0.2) is 28.9 Å². The van der Waals surface area contributed by atoms with E-state index in [1.165, 1.54) is 0 Å². The number of ether oxygens (including phenoxy) is 2. The summed E-state index contributed by atoms with van der Waals surface area (Å²) in [5.74, 6) is 1.02. The zero-order valence-electron chi connectivity index (χ0n) is 14.0. The molecule has 2 aromatic rings. The van der Waals surface area contributed by atoms with Crippen molar-refractivity contribution in [2.45, 2.75) is 33.7 Å². The highest BCUT2D eigenvalue weighted by molar-refractivity contribution is 6.02. The van der Waals surface area contributed by atoms with E-state index in [0.29, 0.717) is 36.1 Å². The van der Waals surface area contributed by atoms with Gasteiger partial charge in [-0.15, -0.1) is 0 Å². The molecule has 0 aliphatic rings. The molecule has 0 aliphatic carbocycles. The summed E-state index contributed by atoms with van der Waals surface area (Å²) in [5, 5.41) is 7.09.